The number of para-hydroxylation sites is 2. The van der Waals surface area contributed by atoms with Gasteiger partial charge in [-0.25, -0.2) is 0 Å². The third-order valence-electron chi connectivity index (χ3n) is 5.06. The van der Waals surface area contributed by atoms with Crippen molar-refractivity contribution in [2.24, 2.45) is 0 Å². The number of aliphatic hydroxyl groups excluding tert-OH is 1. The van der Waals surface area contributed by atoms with Crippen LogP contribution in [0, 0.1) is 0 Å². The molecule has 1 aliphatic rings. The Hall–Kier alpha value is -2.17. The average Bonchev–Trinajstić information content (AvgIpc) is 2.63. The Labute approximate surface area is 149 Å². The number of aliphatic hydroxyl groups is 1. The molecule has 0 saturated heterocycles. The van der Waals surface area contributed by atoms with Gasteiger partial charge < -0.3 is 10.0 Å². The van der Waals surface area contributed by atoms with E-state index in [1.807, 2.05) is 48.5 Å². The molecule has 1 amide bonds. The molecule has 1 aliphatic heterocycles. The minimum Gasteiger partial charge on any atom is -0.391 e. The van der Waals surface area contributed by atoms with Gasteiger partial charge in [-0.15, -0.1) is 0 Å². The molecule has 4 nitrogen and oxygen atoms in total. The lowest BCUT2D eigenvalue weighted by atomic mass is 9.81. The van der Waals surface area contributed by atoms with Crippen molar-refractivity contribution in [1.82, 2.24) is 4.90 Å². The molecule has 0 aromatic heterocycles. The standard InChI is InChI=1S/C21H26N2O2/c1-4-22(5-2)14-20(25)21-16-10-6-8-12-18(16)23(15(3)24)19-13-9-7-11-17(19)21/h6-13,20-21,25H,4-5,14H2,1-3H3. The number of benzene rings is 2. The van der Waals surface area contributed by atoms with Gasteiger partial charge in [-0.3, -0.25) is 9.69 Å². The number of carbonyl (C=O) groups excluding carboxylic acids is 1. The fourth-order valence-corrected chi connectivity index (χ4v) is 3.81. The van der Waals surface area contributed by atoms with E-state index in [1.165, 1.54) is 0 Å². The Bertz CT molecular complexity index is 708. The Balaban J connectivity index is 2.11. The van der Waals surface area contributed by atoms with Crippen LogP contribution in [0.4, 0.5) is 11.4 Å². The Morgan fingerprint density at radius 1 is 1.04 bits per heavy atom. The predicted molar refractivity (Wildman–Crippen MR) is 101 cm³/mol. The van der Waals surface area contributed by atoms with Gasteiger partial charge in [-0.1, -0.05) is 50.2 Å². The van der Waals surface area contributed by atoms with Crippen molar-refractivity contribution in [2.45, 2.75) is 32.8 Å². The zero-order chi connectivity index (χ0) is 18.0. The molecule has 2 aromatic rings. The summed E-state index contributed by atoms with van der Waals surface area (Å²) < 4.78 is 0. The van der Waals surface area contributed by atoms with Crippen molar-refractivity contribution in [3.8, 4) is 0 Å². The summed E-state index contributed by atoms with van der Waals surface area (Å²) in [6, 6.07) is 15.8. The summed E-state index contributed by atoms with van der Waals surface area (Å²) in [7, 11) is 0. The Kier molecular flexibility index (Phi) is 5.21. The highest BCUT2D eigenvalue weighted by Gasteiger charge is 2.36. The van der Waals surface area contributed by atoms with Crippen LogP contribution in [0.1, 0.15) is 37.8 Å². The average molecular weight is 338 g/mol. The maximum Gasteiger partial charge on any atom is 0.228 e. The van der Waals surface area contributed by atoms with Crippen molar-refractivity contribution in [1.29, 1.82) is 0 Å². The van der Waals surface area contributed by atoms with Crippen molar-refractivity contribution in [3.63, 3.8) is 0 Å². The van der Waals surface area contributed by atoms with Gasteiger partial charge >= 0.3 is 0 Å². The molecule has 0 saturated carbocycles. The largest absolute Gasteiger partial charge is 0.391 e. The van der Waals surface area contributed by atoms with Gasteiger partial charge in [0.1, 0.15) is 0 Å². The second-order valence-electron chi connectivity index (χ2n) is 6.50. The number of amides is 1. The topological polar surface area (TPSA) is 43.8 Å². The molecule has 0 radical (unpaired) electrons. The van der Waals surface area contributed by atoms with Crippen LogP contribution in [0.5, 0.6) is 0 Å². The van der Waals surface area contributed by atoms with Crippen LogP contribution in [0.2, 0.25) is 0 Å². The highest BCUT2D eigenvalue weighted by atomic mass is 16.3. The zero-order valence-corrected chi connectivity index (χ0v) is 15.1. The molecular formula is C21H26N2O2. The van der Waals surface area contributed by atoms with Crippen LogP contribution in [0.3, 0.4) is 0 Å². The van der Waals surface area contributed by atoms with Crippen molar-refractivity contribution in [3.05, 3.63) is 59.7 Å². The fourth-order valence-electron chi connectivity index (χ4n) is 3.81. The van der Waals surface area contributed by atoms with E-state index in [-0.39, 0.29) is 11.8 Å². The highest BCUT2D eigenvalue weighted by Crippen LogP contribution is 2.46. The predicted octanol–water partition coefficient (Wildman–Crippen LogP) is 3.52. The first kappa shape index (κ1) is 17.6. The SMILES string of the molecule is CCN(CC)CC(O)C1c2ccccc2N(C(C)=O)c2ccccc21. The first-order valence-corrected chi connectivity index (χ1v) is 8.97. The van der Waals surface area contributed by atoms with E-state index >= 15 is 0 Å². The van der Waals surface area contributed by atoms with E-state index in [1.54, 1.807) is 11.8 Å². The smallest absolute Gasteiger partial charge is 0.228 e. The van der Waals surface area contributed by atoms with Gasteiger partial charge in [0, 0.05) is 19.4 Å². The van der Waals surface area contributed by atoms with Gasteiger partial charge in [0.05, 0.1) is 17.5 Å². The number of rotatable bonds is 5. The summed E-state index contributed by atoms with van der Waals surface area (Å²) in [4.78, 5) is 16.3. The number of carbonyl (C=O) groups is 1. The number of fused-ring (bicyclic) bond motifs is 2. The van der Waals surface area contributed by atoms with Crippen molar-refractivity contribution in [2.75, 3.05) is 24.5 Å². The van der Waals surface area contributed by atoms with E-state index in [0.29, 0.717) is 6.54 Å². The Morgan fingerprint density at radius 3 is 1.96 bits per heavy atom. The lowest BCUT2D eigenvalue weighted by Gasteiger charge is -2.38. The lowest BCUT2D eigenvalue weighted by Crippen LogP contribution is -2.39. The molecule has 132 valence electrons. The van der Waals surface area contributed by atoms with Crippen molar-refractivity contribution < 1.29 is 9.90 Å². The molecule has 4 heteroatoms. The number of hydrogen-bond acceptors (Lipinski definition) is 3. The molecule has 0 spiro atoms. The quantitative estimate of drug-likeness (QED) is 0.907. The van der Waals surface area contributed by atoms with Crippen molar-refractivity contribution >= 4 is 17.3 Å². The molecule has 25 heavy (non-hydrogen) atoms. The first-order chi connectivity index (χ1) is 12.1. The van der Waals surface area contributed by atoms with Gasteiger partial charge in [0.2, 0.25) is 5.91 Å². The molecule has 0 bridgehead atoms. The number of hydrogen-bond donors (Lipinski definition) is 1. The molecule has 1 heterocycles. The normalized spacial score (nSPS) is 15.0. The molecular weight excluding hydrogens is 312 g/mol. The lowest BCUT2D eigenvalue weighted by molar-refractivity contribution is -0.115. The summed E-state index contributed by atoms with van der Waals surface area (Å²) in [5.74, 6) is -0.153. The Morgan fingerprint density at radius 2 is 1.52 bits per heavy atom. The minimum absolute atomic E-state index is 0.0171. The maximum absolute atomic E-state index is 12.3. The van der Waals surface area contributed by atoms with Crippen LogP contribution < -0.4 is 4.90 Å². The van der Waals surface area contributed by atoms with Crippen LogP contribution in [0.15, 0.2) is 48.5 Å². The fraction of sp³-hybridized carbons (Fsp3) is 0.381. The van der Waals surface area contributed by atoms with E-state index in [0.717, 1.165) is 35.6 Å². The van der Waals surface area contributed by atoms with E-state index in [2.05, 4.69) is 18.7 Å². The van der Waals surface area contributed by atoms with E-state index < -0.39 is 6.10 Å². The molecule has 0 aliphatic carbocycles. The van der Waals surface area contributed by atoms with E-state index in [9.17, 15) is 9.90 Å². The summed E-state index contributed by atoms with van der Waals surface area (Å²) in [5, 5.41) is 11.1. The third-order valence-corrected chi connectivity index (χ3v) is 5.06. The van der Waals surface area contributed by atoms with Gasteiger partial charge in [0.25, 0.3) is 0 Å². The maximum atomic E-state index is 12.3. The summed E-state index contributed by atoms with van der Waals surface area (Å²) in [6.07, 6.45) is -0.531. The van der Waals surface area contributed by atoms with Crippen LogP contribution >= 0.6 is 0 Å². The van der Waals surface area contributed by atoms with Gasteiger partial charge in [-0.2, -0.15) is 0 Å². The molecule has 3 rings (SSSR count). The molecule has 0 fully saturated rings. The molecule has 1 unspecified atom stereocenters. The van der Waals surface area contributed by atoms with Gasteiger partial charge in [-0.05, 0) is 36.3 Å². The van der Waals surface area contributed by atoms with Gasteiger partial charge in [0.15, 0.2) is 0 Å². The molecule has 1 N–H and O–H groups in total. The highest BCUT2D eigenvalue weighted by molar-refractivity contribution is 6.02. The molecule has 1 atom stereocenters. The number of anilines is 2. The number of nitrogens with zero attached hydrogens (tertiary/aromatic N) is 2. The first-order valence-electron chi connectivity index (χ1n) is 8.97. The zero-order valence-electron chi connectivity index (χ0n) is 15.1. The van der Waals surface area contributed by atoms with Crippen LogP contribution in [-0.4, -0.2) is 41.7 Å². The van der Waals surface area contributed by atoms with Crippen LogP contribution in [0.25, 0.3) is 0 Å². The summed E-state index contributed by atoms with van der Waals surface area (Å²) in [5.41, 5.74) is 3.77. The third kappa shape index (κ3) is 3.20. The second kappa shape index (κ2) is 7.38. The molecule has 2 aromatic carbocycles. The monoisotopic (exact) mass is 338 g/mol. The second-order valence-corrected chi connectivity index (χ2v) is 6.50. The van der Waals surface area contributed by atoms with Crippen LogP contribution in [-0.2, 0) is 4.79 Å². The van der Waals surface area contributed by atoms with E-state index in [4.69, 9.17) is 0 Å². The minimum atomic E-state index is -0.531. The summed E-state index contributed by atoms with van der Waals surface area (Å²) >= 11 is 0. The number of likely N-dealkylation sites (N-methyl/N-ethyl adjacent to an activating group) is 1. The summed E-state index contributed by atoms with van der Waals surface area (Å²) in [6.45, 7) is 8.22.